The molecule has 1 atom stereocenters. The van der Waals surface area contributed by atoms with Crippen LogP contribution in [0.4, 0.5) is 10.5 Å². The first-order valence-corrected chi connectivity index (χ1v) is 8.57. The summed E-state index contributed by atoms with van der Waals surface area (Å²) in [5.41, 5.74) is 0.109. The van der Waals surface area contributed by atoms with Crippen LogP contribution < -0.4 is 15.9 Å². The monoisotopic (exact) mass is 357 g/mol. The van der Waals surface area contributed by atoms with Gasteiger partial charge in [0.25, 0.3) is 0 Å². The van der Waals surface area contributed by atoms with Gasteiger partial charge in [0.2, 0.25) is 5.91 Å². The lowest BCUT2D eigenvalue weighted by molar-refractivity contribution is -0.122. The molecule has 1 aromatic carbocycles. The van der Waals surface area contributed by atoms with Gasteiger partial charge in [-0.25, -0.2) is 14.3 Å². The lowest BCUT2D eigenvalue weighted by atomic mass is 10.2. The van der Waals surface area contributed by atoms with Crippen LogP contribution in [0.2, 0.25) is 0 Å². The summed E-state index contributed by atoms with van der Waals surface area (Å²) >= 11 is 0. The van der Waals surface area contributed by atoms with Crippen LogP contribution in [-0.2, 0) is 22.6 Å². The first-order valence-electron chi connectivity index (χ1n) is 8.57. The molecule has 2 amide bonds. The standard InChI is InChI=1S/C17H19N5O4/c23-15(18-9-13-7-4-8-26-13)11-21-16(24)19-14-10-20(17(25)22(14)21)12-5-2-1-3-6-12/h1-3,5-6,13H,4,7-11H2,(H,18,23). The van der Waals surface area contributed by atoms with Gasteiger partial charge in [-0.05, 0) is 25.0 Å². The Bertz CT molecular complexity index is 882. The van der Waals surface area contributed by atoms with Crippen molar-refractivity contribution in [3.63, 3.8) is 0 Å². The third-order valence-corrected chi connectivity index (χ3v) is 4.56. The fourth-order valence-corrected chi connectivity index (χ4v) is 3.25. The van der Waals surface area contributed by atoms with Gasteiger partial charge in [-0.3, -0.25) is 9.69 Å². The normalized spacial score (nSPS) is 19.0. The molecule has 1 N–H and O–H groups in total. The van der Waals surface area contributed by atoms with Crippen LogP contribution in [-0.4, -0.2) is 45.5 Å². The molecule has 0 aliphatic carbocycles. The highest BCUT2D eigenvalue weighted by molar-refractivity contribution is 5.95. The molecule has 0 spiro atoms. The molecule has 2 aliphatic rings. The molecule has 9 heteroatoms. The molecule has 1 unspecified atom stereocenters. The van der Waals surface area contributed by atoms with Gasteiger partial charge in [0, 0.05) is 18.8 Å². The van der Waals surface area contributed by atoms with Gasteiger partial charge in [0.15, 0.2) is 5.82 Å². The molecule has 2 aliphatic heterocycles. The number of rotatable bonds is 5. The van der Waals surface area contributed by atoms with Crippen molar-refractivity contribution in [2.24, 2.45) is 0 Å². The predicted molar refractivity (Wildman–Crippen MR) is 91.9 cm³/mol. The van der Waals surface area contributed by atoms with Crippen LogP contribution in [0.3, 0.4) is 0 Å². The summed E-state index contributed by atoms with van der Waals surface area (Å²) in [5, 5.41) is 2.75. The maximum Gasteiger partial charge on any atom is 0.365 e. The van der Waals surface area contributed by atoms with E-state index in [1.807, 2.05) is 18.2 Å². The first-order chi connectivity index (χ1) is 12.6. The summed E-state index contributed by atoms with van der Waals surface area (Å²) in [5.74, 6) is -0.0213. The number of aromatic nitrogens is 3. The number of anilines is 1. The maximum absolute atomic E-state index is 12.7. The van der Waals surface area contributed by atoms with Crippen molar-refractivity contribution in [1.82, 2.24) is 19.7 Å². The van der Waals surface area contributed by atoms with E-state index < -0.39 is 11.7 Å². The van der Waals surface area contributed by atoms with E-state index in [1.54, 1.807) is 12.1 Å². The summed E-state index contributed by atoms with van der Waals surface area (Å²) in [6.45, 7) is 1.05. The van der Waals surface area contributed by atoms with E-state index in [9.17, 15) is 14.4 Å². The van der Waals surface area contributed by atoms with Crippen molar-refractivity contribution < 1.29 is 14.3 Å². The van der Waals surface area contributed by atoms with Crippen molar-refractivity contribution in [3.8, 4) is 0 Å². The summed E-state index contributed by atoms with van der Waals surface area (Å²) in [6.07, 6.45) is 1.91. The Morgan fingerprint density at radius 2 is 2.08 bits per heavy atom. The molecule has 3 heterocycles. The van der Waals surface area contributed by atoms with Crippen molar-refractivity contribution in [2.75, 3.05) is 18.1 Å². The fraction of sp³-hybridized carbons (Fsp3) is 0.412. The summed E-state index contributed by atoms with van der Waals surface area (Å²) in [6, 6.07) is 8.73. The minimum absolute atomic E-state index is 0.0158. The number of nitrogens with one attached hydrogen (secondary N) is 1. The van der Waals surface area contributed by atoms with Crippen LogP contribution in [0.5, 0.6) is 0 Å². The van der Waals surface area contributed by atoms with E-state index in [0.29, 0.717) is 24.7 Å². The Morgan fingerprint density at radius 3 is 2.81 bits per heavy atom. The highest BCUT2D eigenvalue weighted by Crippen LogP contribution is 2.22. The number of para-hydroxylation sites is 1. The van der Waals surface area contributed by atoms with Gasteiger partial charge in [-0.2, -0.15) is 9.67 Å². The average Bonchev–Trinajstić information content (AvgIpc) is 3.34. The van der Waals surface area contributed by atoms with Crippen LogP contribution in [0, 0.1) is 0 Å². The van der Waals surface area contributed by atoms with Crippen molar-refractivity contribution in [2.45, 2.75) is 32.0 Å². The van der Waals surface area contributed by atoms with Gasteiger partial charge >= 0.3 is 11.7 Å². The lowest BCUT2D eigenvalue weighted by Gasteiger charge is -2.15. The number of amides is 2. The Balaban J connectivity index is 1.48. The van der Waals surface area contributed by atoms with Gasteiger partial charge in [0.1, 0.15) is 6.54 Å². The van der Waals surface area contributed by atoms with Gasteiger partial charge in [-0.1, -0.05) is 18.2 Å². The number of carbonyl (C=O) groups excluding carboxylic acids is 2. The highest BCUT2D eigenvalue weighted by Gasteiger charge is 2.33. The molecular formula is C17H19N5O4. The minimum atomic E-state index is -0.603. The smallest absolute Gasteiger partial charge is 0.365 e. The number of hydrogen-bond acceptors (Lipinski definition) is 5. The number of hydrogen-bond donors (Lipinski definition) is 1. The lowest BCUT2D eigenvalue weighted by Crippen LogP contribution is -2.40. The molecule has 2 aromatic rings. The average molecular weight is 357 g/mol. The van der Waals surface area contributed by atoms with E-state index in [2.05, 4.69) is 10.3 Å². The number of fused-ring (bicyclic) bond motifs is 1. The molecule has 1 saturated heterocycles. The highest BCUT2D eigenvalue weighted by atomic mass is 16.5. The Labute approximate surface area is 149 Å². The largest absolute Gasteiger partial charge is 0.376 e. The van der Waals surface area contributed by atoms with Gasteiger partial charge < -0.3 is 10.1 Å². The van der Waals surface area contributed by atoms with Crippen LogP contribution in [0.1, 0.15) is 18.7 Å². The number of ether oxygens (including phenoxy) is 1. The zero-order valence-corrected chi connectivity index (χ0v) is 14.1. The Morgan fingerprint density at radius 1 is 1.27 bits per heavy atom. The van der Waals surface area contributed by atoms with Crippen LogP contribution >= 0.6 is 0 Å². The Kier molecular flexibility index (Phi) is 4.29. The predicted octanol–water partition coefficient (Wildman–Crippen LogP) is 0.328. The van der Waals surface area contributed by atoms with E-state index in [0.717, 1.165) is 17.5 Å². The molecule has 9 nitrogen and oxygen atoms in total. The van der Waals surface area contributed by atoms with Gasteiger partial charge in [-0.15, -0.1) is 0 Å². The number of nitrogens with zero attached hydrogens (tertiary/aromatic N) is 4. The van der Waals surface area contributed by atoms with E-state index in [4.69, 9.17) is 4.74 Å². The molecule has 0 radical (unpaired) electrons. The van der Waals surface area contributed by atoms with Crippen molar-refractivity contribution in [3.05, 3.63) is 46.6 Å². The molecule has 1 aromatic heterocycles. The zero-order valence-electron chi connectivity index (χ0n) is 14.1. The second-order valence-corrected chi connectivity index (χ2v) is 6.32. The zero-order chi connectivity index (χ0) is 18.1. The number of benzene rings is 1. The molecule has 1 fully saturated rings. The third kappa shape index (κ3) is 3.01. The molecule has 0 saturated carbocycles. The fourth-order valence-electron chi connectivity index (χ4n) is 3.25. The van der Waals surface area contributed by atoms with E-state index in [-0.39, 0.29) is 25.1 Å². The molecular weight excluding hydrogens is 338 g/mol. The van der Waals surface area contributed by atoms with Crippen molar-refractivity contribution in [1.29, 1.82) is 0 Å². The third-order valence-electron chi connectivity index (χ3n) is 4.56. The van der Waals surface area contributed by atoms with E-state index >= 15 is 0 Å². The summed E-state index contributed by atoms with van der Waals surface area (Å²) in [7, 11) is 0. The summed E-state index contributed by atoms with van der Waals surface area (Å²) in [4.78, 5) is 42.4. The summed E-state index contributed by atoms with van der Waals surface area (Å²) < 4.78 is 7.71. The molecule has 136 valence electrons. The first kappa shape index (κ1) is 16.5. The van der Waals surface area contributed by atoms with Gasteiger partial charge in [0.05, 0.1) is 12.6 Å². The van der Waals surface area contributed by atoms with E-state index in [1.165, 1.54) is 9.58 Å². The second kappa shape index (κ2) is 6.75. The quantitative estimate of drug-likeness (QED) is 0.831. The van der Waals surface area contributed by atoms with Crippen LogP contribution in [0.25, 0.3) is 0 Å². The SMILES string of the molecule is O=C(Cn1c(=O)nc2n1C(=O)N(c1ccccc1)C2)NCC1CCCO1. The Hall–Kier alpha value is -2.94. The minimum Gasteiger partial charge on any atom is -0.376 e. The van der Waals surface area contributed by atoms with Crippen molar-refractivity contribution >= 4 is 17.6 Å². The second-order valence-electron chi connectivity index (χ2n) is 6.32. The topological polar surface area (TPSA) is 98.5 Å². The van der Waals surface area contributed by atoms with Crippen LogP contribution in [0.15, 0.2) is 35.1 Å². The molecule has 4 rings (SSSR count). The molecule has 0 bridgehead atoms. The number of carbonyl (C=O) groups is 2. The maximum atomic E-state index is 12.7. The molecule has 26 heavy (non-hydrogen) atoms.